The Morgan fingerprint density at radius 1 is 1.21 bits per heavy atom. The van der Waals surface area contributed by atoms with Crippen LogP contribution in [0.4, 0.5) is 5.69 Å². The molecule has 3 heteroatoms. The minimum Gasteiger partial charge on any atom is -0.381 e. The first-order chi connectivity index (χ1) is 6.95. The molecule has 2 aliphatic heterocycles. The first kappa shape index (κ1) is 8.50. The SMILES string of the molecule is C1=Cc2ccc3c(c2NC1)C=CSS3. The van der Waals surface area contributed by atoms with Crippen molar-refractivity contribution in [2.75, 3.05) is 11.9 Å². The lowest BCUT2D eigenvalue weighted by Gasteiger charge is -2.19. The van der Waals surface area contributed by atoms with E-state index in [1.165, 1.54) is 21.7 Å². The predicted molar refractivity (Wildman–Crippen MR) is 66.4 cm³/mol. The molecule has 2 aliphatic rings. The molecule has 70 valence electrons. The highest BCUT2D eigenvalue weighted by atomic mass is 33.1. The Balaban J connectivity index is 2.24. The lowest BCUT2D eigenvalue weighted by molar-refractivity contribution is 1.27. The molecular weight excluding hydrogens is 210 g/mol. The molecule has 1 N–H and O–H groups in total. The maximum absolute atomic E-state index is 3.43. The van der Waals surface area contributed by atoms with Gasteiger partial charge in [0, 0.05) is 17.0 Å². The molecule has 0 unspecified atom stereocenters. The van der Waals surface area contributed by atoms with Crippen molar-refractivity contribution in [2.24, 2.45) is 0 Å². The van der Waals surface area contributed by atoms with Gasteiger partial charge in [0.05, 0.1) is 5.69 Å². The molecule has 2 heterocycles. The second kappa shape index (κ2) is 3.41. The van der Waals surface area contributed by atoms with E-state index in [0.717, 1.165) is 6.54 Å². The van der Waals surface area contributed by atoms with Gasteiger partial charge in [-0.15, -0.1) is 0 Å². The zero-order valence-corrected chi connectivity index (χ0v) is 9.12. The van der Waals surface area contributed by atoms with Crippen LogP contribution < -0.4 is 5.32 Å². The third-order valence-electron chi connectivity index (χ3n) is 2.36. The van der Waals surface area contributed by atoms with Gasteiger partial charge in [0.25, 0.3) is 0 Å². The van der Waals surface area contributed by atoms with E-state index in [0.29, 0.717) is 0 Å². The molecule has 0 aliphatic carbocycles. The molecule has 14 heavy (non-hydrogen) atoms. The van der Waals surface area contributed by atoms with Crippen molar-refractivity contribution < 1.29 is 0 Å². The average Bonchev–Trinajstić information content (AvgIpc) is 2.29. The fraction of sp³-hybridized carbons (Fsp3) is 0.0909. The standard InChI is InChI=1S/C11H9NS2/c1-2-8-3-4-10-9(5-7-13-14-10)11(8)12-6-1/h1-5,7,12H,6H2. The van der Waals surface area contributed by atoms with Crippen molar-refractivity contribution in [3.63, 3.8) is 0 Å². The molecule has 1 nitrogen and oxygen atoms in total. The van der Waals surface area contributed by atoms with Crippen LogP contribution in [-0.2, 0) is 0 Å². The van der Waals surface area contributed by atoms with Crippen LogP contribution in [-0.4, -0.2) is 6.54 Å². The molecule has 0 aromatic heterocycles. The van der Waals surface area contributed by atoms with Crippen LogP contribution in [0.15, 0.2) is 28.5 Å². The normalized spacial score (nSPS) is 17.1. The summed E-state index contributed by atoms with van der Waals surface area (Å²) < 4.78 is 0. The van der Waals surface area contributed by atoms with Crippen molar-refractivity contribution in [1.82, 2.24) is 0 Å². The Morgan fingerprint density at radius 3 is 3.21 bits per heavy atom. The van der Waals surface area contributed by atoms with Crippen LogP contribution >= 0.6 is 21.6 Å². The first-order valence-electron chi connectivity index (χ1n) is 4.52. The number of fused-ring (bicyclic) bond motifs is 3. The van der Waals surface area contributed by atoms with E-state index >= 15 is 0 Å². The quantitative estimate of drug-likeness (QED) is 0.666. The summed E-state index contributed by atoms with van der Waals surface area (Å²) in [7, 11) is 3.61. The van der Waals surface area contributed by atoms with Crippen LogP contribution in [0.1, 0.15) is 11.1 Å². The van der Waals surface area contributed by atoms with Crippen molar-refractivity contribution in [3.8, 4) is 0 Å². The molecule has 0 atom stereocenters. The number of nitrogens with one attached hydrogen (secondary N) is 1. The highest BCUT2D eigenvalue weighted by molar-refractivity contribution is 8.78. The predicted octanol–water partition coefficient (Wildman–Crippen LogP) is 3.85. The van der Waals surface area contributed by atoms with E-state index in [2.05, 4.69) is 41.1 Å². The van der Waals surface area contributed by atoms with E-state index in [1.807, 2.05) is 10.8 Å². The second-order valence-corrected chi connectivity index (χ2v) is 5.36. The third-order valence-corrected chi connectivity index (χ3v) is 4.40. The lowest BCUT2D eigenvalue weighted by atomic mass is 10.0. The molecule has 0 radical (unpaired) electrons. The molecule has 1 aromatic rings. The molecule has 0 spiro atoms. The maximum atomic E-state index is 3.43. The van der Waals surface area contributed by atoms with Gasteiger partial charge in [0.2, 0.25) is 0 Å². The summed E-state index contributed by atoms with van der Waals surface area (Å²) in [5.74, 6) is 0. The molecule has 1 aromatic carbocycles. The van der Waals surface area contributed by atoms with Gasteiger partial charge in [-0.1, -0.05) is 39.8 Å². The van der Waals surface area contributed by atoms with Gasteiger partial charge in [-0.25, -0.2) is 0 Å². The van der Waals surface area contributed by atoms with Gasteiger partial charge >= 0.3 is 0 Å². The summed E-state index contributed by atoms with van der Waals surface area (Å²) in [6.45, 7) is 0.940. The fourth-order valence-corrected chi connectivity index (χ4v) is 3.53. The Morgan fingerprint density at radius 2 is 2.21 bits per heavy atom. The number of hydrogen-bond acceptors (Lipinski definition) is 3. The van der Waals surface area contributed by atoms with Crippen LogP contribution in [0.5, 0.6) is 0 Å². The monoisotopic (exact) mass is 219 g/mol. The van der Waals surface area contributed by atoms with Gasteiger partial charge in [-0.3, -0.25) is 0 Å². The summed E-state index contributed by atoms with van der Waals surface area (Å²) in [6.07, 6.45) is 6.54. The minimum atomic E-state index is 0.940. The Hall–Kier alpha value is -0.800. The van der Waals surface area contributed by atoms with Crippen molar-refractivity contribution in [1.29, 1.82) is 0 Å². The smallest absolute Gasteiger partial charge is 0.0501 e. The Bertz CT molecular complexity index is 435. The van der Waals surface area contributed by atoms with Gasteiger partial charge in [0.15, 0.2) is 0 Å². The van der Waals surface area contributed by atoms with Crippen LogP contribution in [0.25, 0.3) is 12.2 Å². The van der Waals surface area contributed by atoms with Crippen molar-refractivity contribution >= 4 is 39.4 Å². The average molecular weight is 219 g/mol. The lowest BCUT2D eigenvalue weighted by Crippen LogP contribution is -2.06. The summed E-state index contributed by atoms with van der Waals surface area (Å²) in [4.78, 5) is 1.36. The largest absolute Gasteiger partial charge is 0.381 e. The van der Waals surface area contributed by atoms with Gasteiger partial charge in [-0.05, 0) is 23.1 Å². The molecule has 0 saturated heterocycles. The molecule has 3 rings (SSSR count). The number of benzene rings is 1. The first-order valence-corrected chi connectivity index (χ1v) is 6.74. The number of anilines is 1. The van der Waals surface area contributed by atoms with Crippen LogP contribution in [0, 0.1) is 0 Å². The third kappa shape index (κ3) is 1.28. The van der Waals surface area contributed by atoms with E-state index in [4.69, 9.17) is 0 Å². The fourth-order valence-electron chi connectivity index (χ4n) is 1.71. The topological polar surface area (TPSA) is 12.0 Å². The Labute approximate surface area is 91.1 Å². The van der Waals surface area contributed by atoms with E-state index < -0.39 is 0 Å². The maximum Gasteiger partial charge on any atom is 0.0501 e. The van der Waals surface area contributed by atoms with Gasteiger partial charge in [-0.2, -0.15) is 0 Å². The zero-order valence-electron chi connectivity index (χ0n) is 7.49. The molecular formula is C11H9NS2. The molecule has 0 bridgehead atoms. The van der Waals surface area contributed by atoms with Gasteiger partial charge < -0.3 is 5.32 Å². The van der Waals surface area contributed by atoms with Crippen LogP contribution in [0.3, 0.4) is 0 Å². The Kier molecular flexibility index (Phi) is 2.07. The minimum absolute atomic E-state index is 0.940. The van der Waals surface area contributed by atoms with E-state index in [1.54, 1.807) is 10.8 Å². The van der Waals surface area contributed by atoms with Gasteiger partial charge in [0.1, 0.15) is 0 Å². The summed E-state index contributed by atoms with van der Waals surface area (Å²) in [6, 6.07) is 4.39. The number of rotatable bonds is 0. The van der Waals surface area contributed by atoms with Crippen molar-refractivity contribution in [3.05, 3.63) is 34.7 Å². The van der Waals surface area contributed by atoms with Crippen molar-refractivity contribution in [2.45, 2.75) is 4.90 Å². The highest BCUT2D eigenvalue weighted by Gasteiger charge is 2.14. The summed E-state index contributed by atoms with van der Waals surface area (Å²) in [5, 5.41) is 5.58. The summed E-state index contributed by atoms with van der Waals surface area (Å²) >= 11 is 0. The molecule has 0 fully saturated rings. The van der Waals surface area contributed by atoms with E-state index in [-0.39, 0.29) is 0 Å². The highest BCUT2D eigenvalue weighted by Crippen LogP contribution is 2.44. The second-order valence-electron chi connectivity index (χ2n) is 3.21. The number of hydrogen-bond donors (Lipinski definition) is 1. The van der Waals surface area contributed by atoms with E-state index in [9.17, 15) is 0 Å². The van der Waals surface area contributed by atoms with Crippen LogP contribution in [0.2, 0.25) is 0 Å². The summed E-state index contributed by atoms with van der Waals surface area (Å²) in [5.41, 5.74) is 3.93. The molecule has 0 amide bonds. The zero-order chi connectivity index (χ0) is 9.38. The molecule has 0 saturated carbocycles.